The first-order valence-electron chi connectivity index (χ1n) is 11.9. The molecule has 3 aliphatic heterocycles. The van der Waals surface area contributed by atoms with Gasteiger partial charge >= 0.3 is 12.1 Å². The minimum absolute atomic E-state index is 0.0726. The number of benzene rings is 1. The Hall–Kier alpha value is -2.38. The zero-order valence-corrected chi connectivity index (χ0v) is 23.1. The summed E-state index contributed by atoms with van der Waals surface area (Å²) < 4.78 is 27.5. The second-order valence-corrected chi connectivity index (χ2v) is 15.7. The summed E-state index contributed by atoms with van der Waals surface area (Å²) in [6.45, 7) is 11.0. The van der Waals surface area contributed by atoms with Crippen LogP contribution in [0.25, 0.3) is 0 Å². The zero-order chi connectivity index (χ0) is 26.6. The van der Waals surface area contributed by atoms with Gasteiger partial charge in [-0.25, -0.2) is 19.5 Å². The van der Waals surface area contributed by atoms with Gasteiger partial charge in [0.15, 0.2) is 15.1 Å². The number of esters is 1. The summed E-state index contributed by atoms with van der Waals surface area (Å²) in [5.74, 6) is -2.75. The number of aliphatic hydroxyl groups is 1. The lowest BCUT2D eigenvalue weighted by atomic mass is 9.82. The molecule has 2 fully saturated rings. The van der Waals surface area contributed by atoms with Crippen molar-refractivity contribution < 1.29 is 42.9 Å². The molecular formula is C24H36N2O9Si. The number of nitrogens with zero attached hydrogens (tertiary/aromatic N) is 2. The Morgan fingerprint density at radius 1 is 1.19 bits per heavy atom. The van der Waals surface area contributed by atoms with E-state index in [2.05, 4.69) is 33.9 Å². The summed E-state index contributed by atoms with van der Waals surface area (Å²) in [6, 6.07) is 2.25. The molecule has 36 heavy (non-hydrogen) atoms. The van der Waals surface area contributed by atoms with Crippen molar-refractivity contribution in [2.75, 3.05) is 46.3 Å². The largest absolute Gasteiger partial charge is 0.467 e. The first-order chi connectivity index (χ1) is 16.8. The molecule has 1 amide bonds. The van der Waals surface area contributed by atoms with Crippen LogP contribution in [0.2, 0.25) is 18.1 Å². The summed E-state index contributed by atoms with van der Waals surface area (Å²) >= 11 is 0. The maximum atomic E-state index is 12.5. The predicted octanol–water partition coefficient (Wildman–Crippen LogP) is 2.83. The Balaban J connectivity index is 1.84. The molecule has 1 aromatic carbocycles. The molecule has 12 heteroatoms. The van der Waals surface area contributed by atoms with E-state index in [1.165, 1.54) is 31.3 Å². The molecule has 4 rings (SSSR count). The molecule has 11 nitrogen and oxygen atoms in total. The number of rotatable bonds is 7. The van der Waals surface area contributed by atoms with Crippen molar-refractivity contribution in [3.63, 3.8) is 0 Å². The van der Waals surface area contributed by atoms with Crippen molar-refractivity contribution in [3.05, 3.63) is 23.3 Å². The van der Waals surface area contributed by atoms with Crippen molar-refractivity contribution >= 4 is 26.1 Å². The van der Waals surface area contributed by atoms with E-state index in [0.717, 1.165) is 0 Å². The number of hydrogen-bond donors (Lipinski definition) is 1. The second-order valence-electron chi connectivity index (χ2n) is 10.9. The number of anilines is 1. The second kappa shape index (κ2) is 9.17. The fourth-order valence-corrected chi connectivity index (χ4v) is 5.73. The molecule has 0 saturated carbocycles. The maximum Gasteiger partial charge on any atom is 0.410 e. The number of ether oxygens (including phenoxy) is 4. The monoisotopic (exact) mass is 524 g/mol. The Kier molecular flexibility index (Phi) is 6.80. The first-order valence-corrected chi connectivity index (χ1v) is 14.8. The molecule has 0 spiro atoms. The van der Waals surface area contributed by atoms with Crippen LogP contribution in [0.15, 0.2) is 12.1 Å². The molecule has 1 unspecified atom stereocenters. The Morgan fingerprint density at radius 3 is 2.47 bits per heavy atom. The molecule has 2 bridgehead atoms. The zero-order valence-electron chi connectivity index (χ0n) is 22.1. The fraction of sp³-hybridized carbons (Fsp3) is 0.667. The Bertz CT molecular complexity index is 1040. The Labute approximate surface area is 212 Å². The van der Waals surface area contributed by atoms with E-state index in [0.29, 0.717) is 17.0 Å². The van der Waals surface area contributed by atoms with Crippen molar-refractivity contribution in [3.8, 4) is 5.75 Å². The van der Waals surface area contributed by atoms with E-state index in [1.807, 2.05) is 0 Å². The van der Waals surface area contributed by atoms with Crippen LogP contribution >= 0.6 is 0 Å². The highest BCUT2D eigenvalue weighted by molar-refractivity contribution is 6.74. The summed E-state index contributed by atoms with van der Waals surface area (Å²) in [7, 11) is 1.85. The molecule has 0 aliphatic carbocycles. The van der Waals surface area contributed by atoms with E-state index in [1.54, 1.807) is 12.1 Å². The van der Waals surface area contributed by atoms with E-state index >= 15 is 0 Å². The number of hydrogen-bond acceptors (Lipinski definition) is 10. The van der Waals surface area contributed by atoms with Gasteiger partial charge in [0.1, 0.15) is 11.8 Å². The van der Waals surface area contributed by atoms with Gasteiger partial charge in [-0.15, -0.1) is 0 Å². The van der Waals surface area contributed by atoms with Gasteiger partial charge < -0.3 is 28.5 Å². The molecular weight excluding hydrogens is 488 g/mol. The highest BCUT2D eigenvalue weighted by Gasteiger charge is 2.72. The van der Waals surface area contributed by atoms with Gasteiger partial charge in [-0.3, -0.25) is 4.90 Å². The normalized spacial score (nSPS) is 26.6. The van der Waals surface area contributed by atoms with Gasteiger partial charge in [-0.1, -0.05) is 20.8 Å². The third-order valence-corrected chi connectivity index (χ3v) is 12.3. The lowest BCUT2D eigenvalue weighted by Crippen LogP contribution is -2.60. The number of hydroxylamine groups is 1. The van der Waals surface area contributed by atoms with Gasteiger partial charge in [0.05, 0.1) is 44.0 Å². The van der Waals surface area contributed by atoms with E-state index in [4.69, 9.17) is 28.2 Å². The number of carbonyl (C=O) groups is 2. The minimum Gasteiger partial charge on any atom is -0.467 e. The summed E-state index contributed by atoms with van der Waals surface area (Å²) in [4.78, 5) is 32.6. The molecule has 4 atom stereocenters. The molecule has 3 heterocycles. The minimum atomic E-state index is -2.24. The van der Waals surface area contributed by atoms with Crippen molar-refractivity contribution in [2.45, 2.75) is 62.7 Å². The third kappa shape index (κ3) is 4.24. The number of carbonyl (C=O) groups excluding carboxylic acids is 2. The molecule has 0 radical (unpaired) electrons. The van der Waals surface area contributed by atoms with Crippen molar-refractivity contribution in [2.24, 2.45) is 0 Å². The van der Waals surface area contributed by atoms with E-state index in [9.17, 15) is 14.7 Å². The van der Waals surface area contributed by atoms with Crippen molar-refractivity contribution in [1.82, 2.24) is 4.90 Å². The molecule has 3 aliphatic rings. The number of methoxy groups -OCH3 is 3. The van der Waals surface area contributed by atoms with E-state index < -0.39 is 38.1 Å². The molecule has 200 valence electrons. The number of amides is 1. The smallest absolute Gasteiger partial charge is 0.410 e. The first kappa shape index (κ1) is 26.7. The summed E-state index contributed by atoms with van der Waals surface area (Å²) in [5, 5.41) is 13.5. The van der Waals surface area contributed by atoms with Gasteiger partial charge in [-0.05, 0) is 30.3 Å². The highest BCUT2D eigenvalue weighted by atomic mass is 28.4. The third-order valence-electron chi connectivity index (χ3n) is 7.76. The summed E-state index contributed by atoms with van der Waals surface area (Å²) in [6.07, 6.45) is -0.546. The predicted molar refractivity (Wildman–Crippen MR) is 131 cm³/mol. The Morgan fingerprint density at radius 2 is 1.89 bits per heavy atom. The van der Waals surface area contributed by atoms with Crippen LogP contribution in [-0.2, 0) is 23.5 Å². The van der Waals surface area contributed by atoms with Crippen LogP contribution < -0.4 is 9.80 Å². The maximum absolute atomic E-state index is 12.5. The van der Waals surface area contributed by atoms with Gasteiger partial charge in [0.25, 0.3) is 0 Å². The van der Waals surface area contributed by atoms with Crippen molar-refractivity contribution in [1.29, 1.82) is 0 Å². The molecule has 1 aromatic rings. The molecule has 0 aromatic heterocycles. The van der Waals surface area contributed by atoms with Crippen LogP contribution in [0.4, 0.5) is 10.5 Å². The number of fused-ring (bicyclic) bond motifs is 6. The van der Waals surface area contributed by atoms with Crippen LogP contribution in [0, 0.1) is 0 Å². The average Bonchev–Trinajstić information content (AvgIpc) is 3.55. The lowest BCUT2D eigenvalue weighted by molar-refractivity contribution is -0.249. The van der Waals surface area contributed by atoms with Crippen LogP contribution in [0.1, 0.15) is 42.6 Å². The van der Waals surface area contributed by atoms with Gasteiger partial charge in [0, 0.05) is 19.3 Å². The van der Waals surface area contributed by atoms with Crippen LogP contribution in [0.3, 0.4) is 0 Å². The SMILES string of the molecule is COCOc1cc(C(=O)OC)cc2c1[C@H](CO[Si](C)(C)C(C)(C)C)C1(O)ON2C[C@H]2[C@@H]1N2C(=O)OC. The quantitative estimate of drug-likeness (QED) is 0.247. The molecule has 2 saturated heterocycles. The van der Waals surface area contributed by atoms with E-state index in [-0.39, 0.29) is 36.6 Å². The van der Waals surface area contributed by atoms with Crippen LogP contribution in [0.5, 0.6) is 5.75 Å². The highest BCUT2D eigenvalue weighted by Crippen LogP contribution is 2.57. The topological polar surface area (TPSA) is 116 Å². The molecule has 1 N–H and O–H groups in total. The standard InChI is InChI=1S/C24H36N2O9Si/c1-23(2,3)36(7,8)34-12-15-19-16(9-14(21(27)31-5)10-18(19)33-13-30-4)25-11-17-20(24(15,29)35-25)26(17)22(28)32-6/h9-10,15,17,20,29H,11-13H2,1-8H3/t15-,17-,20-,24?,26?/m0/s1. The van der Waals surface area contributed by atoms with Gasteiger partial charge in [0.2, 0.25) is 5.79 Å². The van der Waals surface area contributed by atoms with Gasteiger partial charge in [-0.2, -0.15) is 0 Å². The fourth-order valence-electron chi connectivity index (χ4n) is 4.72. The lowest BCUT2D eigenvalue weighted by Gasteiger charge is -2.49. The summed E-state index contributed by atoms with van der Waals surface area (Å²) in [5.41, 5.74) is 1.40. The van der Waals surface area contributed by atoms with Crippen LogP contribution in [-0.4, -0.2) is 89.5 Å². The average molecular weight is 525 g/mol.